The second-order valence-electron chi connectivity index (χ2n) is 6.91. The van der Waals surface area contributed by atoms with Crippen molar-refractivity contribution in [2.75, 3.05) is 0 Å². The summed E-state index contributed by atoms with van der Waals surface area (Å²) in [5.41, 5.74) is 4.55. The molecule has 4 rings (SSSR count). The van der Waals surface area contributed by atoms with Gasteiger partial charge in [-0.05, 0) is 40.8 Å². The predicted molar refractivity (Wildman–Crippen MR) is 112 cm³/mol. The molecule has 30 heavy (non-hydrogen) atoms. The van der Waals surface area contributed by atoms with Crippen LogP contribution in [0.4, 0.5) is 4.79 Å². The SMILES string of the molecule is O=C(N[C@@H](Cc1ccc(O)cc1)C(=O)O)OCc1ccccc1.c1ccc2c(c1)C2. The summed E-state index contributed by atoms with van der Waals surface area (Å²) in [4.78, 5) is 23.0. The van der Waals surface area contributed by atoms with Crippen molar-refractivity contribution >= 4 is 12.1 Å². The molecule has 0 aliphatic heterocycles. The molecule has 0 saturated heterocycles. The average Bonchev–Trinajstić information content (AvgIpc) is 3.54. The number of fused-ring (bicyclic) bond motifs is 1. The first-order chi connectivity index (χ1) is 14.5. The number of amides is 1. The Kier molecular flexibility index (Phi) is 7.05. The summed E-state index contributed by atoms with van der Waals surface area (Å²) >= 11 is 0. The lowest BCUT2D eigenvalue weighted by Crippen LogP contribution is -2.42. The van der Waals surface area contributed by atoms with Crippen LogP contribution in [-0.2, 0) is 29.0 Å². The van der Waals surface area contributed by atoms with Crippen LogP contribution >= 0.6 is 0 Å². The zero-order valence-electron chi connectivity index (χ0n) is 16.3. The Morgan fingerprint density at radius 3 is 2.03 bits per heavy atom. The van der Waals surface area contributed by atoms with Gasteiger partial charge in [-0.1, -0.05) is 66.7 Å². The molecular weight excluding hydrogens is 382 g/mol. The minimum atomic E-state index is -1.16. The number of carboxylic acids is 1. The number of benzene rings is 3. The molecule has 3 N–H and O–H groups in total. The monoisotopic (exact) mass is 405 g/mol. The summed E-state index contributed by atoms with van der Waals surface area (Å²) in [6.07, 6.45) is 0.545. The van der Waals surface area contributed by atoms with Crippen LogP contribution in [0.5, 0.6) is 5.75 Å². The molecule has 3 aromatic carbocycles. The minimum Gasteiger partial charge on any atom is -0.508 e. The number of phenolic OH excluding ortho intramolecular Hbond substituents is 1. The highest BCUT2D eigenvalue weighted by atomic mass is 16.5. The van der Waals surface area contributed by atoms with E-state index in [-0.39, 0.29) is 18.8 Å². The highest BCUT2D eigenvalue weighted by Gasteiger charge is 2.21. The van der Waals surface area contributed by atoms with Crippen molar-refractivity contribution in [2.24, 2.45) is 0 Å². The fourth-order valence-corrected chi connectivity index (χ4v) is 2.81. The highest BCUT2D eigenvalue weighted by Crippen LogP contribution is 2.25. The molecule has 1 amide bonds. The number of nitrogens with one attached hydrogen (secondary N) is 1. The summed E-state index contributed by atoms with van der Waals surface area (Å²) in [7, 11) is 0. The molecule has 0 spiro atoms. The lowest BCUT2D eigenvalue weighted by molar-refractivity contribution is -0.139. The second-order valence-corrected chi connectivity index (χ2v) is 6.91. The zero-order valence-corrected chi connectivity index (χ0v) is 16.3. The van der Waals surface area contributed by atoms with Gasteiger partial charge in [-0.3, -0.25) is 0 Å². The van der Waals surface area contributed by atoms with E-state index in [1.54, 1.807) is 24.3 Å². The average molecular weight is 405 g/mol. The number of ether oxygens (including phenoxy) is 1. The van der Waals surface area contributed by atoms with E-state index in [1.807, 2.05) is 18.2 Å². The van der Waals surface area contributed by atoms with E-state index in [0.717, 1.165) is 5.56 Å². The predicted octanol–water partition coefficient (Wildman–Crippen LogP) is 3.91. The van der Waals surface area contributed by atoms with Crippen molar-refractivity contribution in [3.05, 3.63) is 101 Å². The van der Waals surface area contributed by atoms with Gasteiger partial charge in [-0.15, -0.1) is 0 Å². The van der Waals surface area contributed by atoms with Crippen LogP contribution in [-0.4, -0.2) is 28.3 Å². The van der Waals surface area contributed by atoms with Crippen LogP contribution in [0, 0.1) is 0 Å². The Balaban J connectivity index is 0.000000302. The maximum absolute atomic E-state index is 11.7. The van der Waals surface area contributed by atoms with Gasteiger partial charge in [0.15, 0.2) is 0 Å². The number of carbonyl (C=O) groups excluding carboxylic acids is 1. The van der Waals surface area contributed by atoms with Crippen LogP contribution in [0.2, 0.25) is 0 Å². The smallest absolute Gasteiger partial charge is 0.408 e. The van der Waals surface area contributed by atoms with Crippen molar-refractivity contribution in [1.29, 1.82) is 0 Å². The molecule has 0 aromatic heterocycles. The molecule has 0 heterocycles. The quantitative estimate of drug-likeness (QED) is 0.452. The number of hydrogen-bond donors (Lipinski definition) is 3. The van der Waals surface area contributed by atoms with Crippen molar-refractivity contribution in [3.63, 3.8) is 0 Å². The third kappa shape index (κ3) is 6.67. The maximum Gasteiger partial charge on any atom is 0.408 e. The third-order valence-corrected chi connectivity index (χ3v) is 4.55. The van der Waals surface area contributed by atoms with Crippen molar-refractivity contribution in [2.45, 2.75) is 25.5 Å². The van der Waals surface area contributed by atoms with Crippen LogP contribution in [0.15, 0.2) is 78.9 Å². The Hall–Kier alpha value is -3.80. The van der Waals surface area contributed by atoms with Gasteiger partial charge >= 0.3 is 12.1 Å². The first-order valence-corrected chi connectivity index (χ1v) is 9.56. The van der Waals surface area contributed by atoms with E-state index in [9.17, 15) is 19.8 Å². The Morgan fingerprint density at radius 2 is 1.47 bits per heavy atom. The van der Waals surface area contributed by atoms with E-state index in [4.69, 9.17) is 4.74 Å². The number of aromatic hydroxyl groups is 1. The highest BCUT2D eigenvalue weighted by molar-refractivity contribution is 5.80. The lowest BCUT2D eigenvalue weighted by Gasteiger charge is -2.14. The van der Waals surface area contributed by atoms with E-state index < -0.39 is 18.1 Å². The second kappa shape index (κ2) is 10.1. The Bertz CT molecular complexity index is 965. The zero-order chi connectivity index (χ0) is 21.3. The fourth-order valence-electron chi connectivity index (χ4n) is 2.81. The molecule has 0 fully saturated rings. The lowest BCUT2D eigenvalue weighted by atomic mass is 10.1. The number of alkyl carbamates (subject to hydrolysis) is 1. The maximum atomic E-state index is 11.7. The molecule has 1 aliphatic carbocycles. The molecule has 0 bridgehead atoms. The third-order valence-electron chi connectivity index (χ3n) is 4.55. The Labute approximate surface area is 174 Å². The molecule has 1 aliphatic rings. The summed E-state index contributed by atoms with van der Waals surface area (Å²) in [6, 6.07) is 22.6. The van der Waals surface area contributed by atoms with Gasteiger partial charge in [0, 0.05) is 6.42 Å². The van der Waals surface area contributed by atoms with Crippen LogP contribution in [0.25, 0.3) is 0 Å². The summed E-state index contributed by atoms with van der Waals surface area (Å²) in [5.74, 6) is -1.06. The number of rotatable bonds is 6. The summed E-state index contributed by atoms with van der Waals surface area (Å²) < 4.78 is 5.01. The molecule has 0 unspecified atom stereocenters. The molecule has 0 radical (unpaired) electrons. The molecule has 6 nitrogen and oxygen atoms in total. The standard InChI is InChI=1S/C17H17NO5.C7H6/c19-14-8-6-12(7-9-14)10-15(16(20)21)18-17(22)23-11-13-4-2-1-3-5-13;1-2-4-7-5-6(7)3-1/h1-9,15,19H,10-11H2,(H,18,22)(H,20,21);1-4H,5H2/t15-;/m0./s1. The minimum absolute atomic E-state index is 0.0677. The number of phenols is 1. The van der Waals surface area contributed by atoms with Crippen molar-refractivity contribution in [1.82, 2.24) is 5.32 Å². The van der Waals surface area contributed by atoms with Crippen LogP contribution < -0.4 is 5.32 Å². The molecule has 0 saturated carbocycles. The van der Waals surface area contributed by atoms with Crippen molar-refractivity contribution < 1.29 is 24.5 Å². The van der Waals surface area contributed by atoms with Gasteiger partial charge in [0.25, 0.3) is 0 Å². The summed E-state index contributed by atoms with van der Waals surface area (Å²) in [6.45, 7) is 0.0677. The number of aliphatic carboxylic acids is 1. The molecule has 3 aromatic rings. The molecule has 154 valence electrons. The number of carbonyl (C=O) groups is 2. The van der Waals surface area contributed by atoms with Gasteiger partial charge in [-0.2, -0.15) is 0 Å². The topological polar surface area (TPSA) is 95.9 Å². The van der Waals surface area contributed by atoms with E-state index in [1.165, 1.54) is 29.7 Å². The first-order valence-electron chi connectivity index (χ1n) is 9.56. The normalized spacial score (nSPS) is 11.9. The van der Waals surface area contributed by atoms with Gasteiger partial charge in [-0.25, -0.2) is 9.59 Å². The molecule has 1 atom stereocenters. The van der Waals surface area contributed by atoms with Gasteiger partial charge in [0.2, 0.25) is 0 Å². The van der Waals surface area contributed by atoms with Gasteiger partial charge < -0.3 is 20.3 Å². The summed E-state index contributed by atoms with van der Waals surface area (Å²) in [5, 5.41) is 20.7. The van der Waals surface area contributed by atoms with E-state index in [2.05, 4.69) is 29.6 Å². The van der Waals surface area contributed by atoms with E-state index in [0.29, 0.717) is 5.56 Å². The molecular formula is C24H23NO5. The number of hydrogen-bond acceptors (Lipinski definition) is 4. The first kappa shape index (κ1) is 20.9. The van der Waals surface area contributed by atoms with Gasteiger partial charge in [0.1, 0.15) is 18.4 Å². The van der Waals surface area contributed by atoms with E-state index >= 15 is 0 Å². The Morgan fingerprint density at radius 1 is 0.867 bits per heavy atom. The van der Waals surface area contributed by atoms with Gasteiger partial charge in [0.05, 0.1) is 0 Å². The van der Waals surface area contributed by atoms with Crippen LogP contribution in [0.1, 0.15) is 22.3 Å². The van der Waals surface area contributed by atoms with Crippen molar-refractivity contribution in [3.8, 4) is 5.75 Å². The fraction of sp³-hybridized carbons (Fsp3) is 0.167. The largest absolute Gasteiger partial charge is 0.508 e. The molecule has 6 heteroatoms. The van der Waals surface area contributed by atoms with Crippen LogP contribution in [0.3, 0.4) is 0 Å². The number of carboxylic acid groups (broad SMARTS) is 1.